The van der Waals surface area contributed by atoms with Crippen LogP contribution in [0.4, 0.5) is 0 Å². The Morgan fingerprint density at radius 3 is 2.76 bits per heavy atom. The Kier molecular flexibility index (Phi) is 5.47. The molecule has 0 spiro atoms. The first kappa shape index (κ1) is 15.7. The summed E-state index contributed by atoms with van der Waals surface area (Å²) in [4.78, 5) is 17.4. The summed E-state index contributed by atoms with van der Waals surface area (Å²) in [5.74, 6) is 0.00145. The van der Waals surface area contributed by atoms with Gasteiger partial charge in [0.1, 0.15) is 0 Å². The third-order valence-electron chi connectivity index (χ3n) is 3.06. The molecule has 0 aliphatic carbocycles. The molecule has 5 heteroatoms. The largest absolute Gasteiger partial charge is 0.356 e. The van der Waals surface area contributed by atoms with Gasteiger partial charge in [-0.25, -0.2) is 4.98 Å². The average molecular weight is 303 g/mol. The van der Waals surface area contributed by atoms with Crippen LogP contribution in [0.1, 0.15) is 23.2 Å². The molecule has 0 fully saturated rings. The molecule has 0 saturated heterocycles. The minimum absolute atomic E-state index is 0.00145. The van der Waals surface area contributed by atoms with Crippen LogP contribution in [-0.4, -0.2) is 23.5 Å². The Labute approximate surface area is 129 Å². The van der Waals surface area contributed by atoms with E-state index in [-0.39, 0.29) is 11.9 Å². The van der Waals surface area contributed by atoms with E-state index in [1.54, 1.807) is 11.3 Å². The lowest BCUT2D eigenvalue weighted by atomic mass is 10.1. The number of hydrogen-bond donors (Lipinski definition) is 2. The number of aryl methyl sites for hydroxylation is 1. The number of rotatable bonds is 6. The summed E-state index contributed by atoms with van der Waals surface area (Å²) in [6.45, 7) is 4.51. The van der Waals surface area contributed by atoms with Gasteiger partial charge >= 0.3 is 0 Å². The van der Waals surface area contributed by atoms with Gasteiger partial charge in [-0.3, -0.25) is 4.79 Å². The number of nitrogens with zero attached hydrogens (tertiary/aromatic N) is 1. The van der Waals surface area contributed by atoms with Crippen LogP contribution in [0, 0.1) is 6.92 Å². The second kappa shape index (κ2) is 7.33. The predicted molar refractivity (Wildman–Crippen MR) is 87.3 cm³/mol. The molecule has 2 aromatic rings. The van der Waals surface area contributed by atoms with Gasteiger partial charge in [-0.1, -0.05) is 30.3 Å². The zero-order valence-electron chi connectivity index (χ0n) is 12.4. The van der Waals surface area contributed by atoms with E-state index in [1.165, 1.54) is 4.88 Å². The van der Waals surface area contributed by atoms with Crippen molar-refractivity contribution in [3.8, 4) is 11.3 Å². The molecule has 4 nitrogen and oxygen atoms in total. The highest BCUT2D eigenvalue weighted by Gasteiger charge is 2.10. The Morgan fingerprint density at radius 2 is 2.10 bits per heavy atom. The summed E-state index contributed by atoms with van der Waals surface area (Å²) >= 11 is 1.69. The summed E-state index contributed by atoms with van der Waals surface area (Å²) in [7, 11) is 0. The molecule has 2 rings (SSSR count). The number of amides is 1. The van der Waals surface area contributed by atoms with E-state index in [9.17, 15) is 4.79 Å². The zero-order chi connectivity index (χ0) is 15.2. The van der Waals surface area contributed by atoms with Gasteiger partial charge in [0.05, 0.1) is 10.7 Å². The highest BCUT2D eigenvalue weighted by atomic mass is 32.1. The van der Waals surface area contributed by atoms with Crippen molar-refractivity contribution in [1.29, 1.82) is 0 Å². The molecule has 21 heavy (non-hydrogen) atoms. The van der Waals surface area contributed by atoms with Crippen LogP contribution in [0.2, 0.25) is 0 Å². The minimum atomic E-state index is -0.100. The van der Waals surface area contributed by atoms with Crippen molar-refractivity contribution in [2.24, 2.45) is 5.73 Å². The topological polar surface area (TPSA) is 68.0 Å². The van der Waals surface area contributed by atoms with E-state index >= 15 is 0 Å². The van der Waals surface area contributed by atoms with Gasteiger partial charge in [0.15, 0.2) is 0 Å². The lowest BCUT2D eigenvalue weighted by Crippen LogP contribution is -2.31. The molecule has 1 aromatic heterocycles. The molecule has 0 bridgehead atoms. The number of benzene rings is 1. The fourth-order valence-corrected chi connectivity index (χ4v) is 3.05. The van der Waals surface area contributed by atoms with Gasteiger partial charge in [0, 0.05) is 35.9 Å². The molecule has 1 heterocycles. The number of thiazole rings is 1. The zero-order valence-corrected chi connectivity index (χ0v) is 13.2. The predicted octanol–water partition coefficient (Wildman–Crippen LogP) is 2.51. The van der Waals surface area contributed by atoms with Crippen molar-refractivity contribution in [1.82, 2.24) is 10.3 Å². The standard InChI is InChI=1S/C16H21N3OS/c1-11(17)10-14(20)18-9-8-15-19-16(12(2)21-15)13-6-4-3-5-7-13/h3-7,11H,8-10,17H2,1-2H3,(H,18,20). The summed E-state index contributed by atoms with van der Waals surface area (Å²) in [5, 5.41) is 3.93. The number of carbonyl (C=O) groups is 1. The number of carbonyl (C=O) groups excluding carboxylic acids is 1. The van der Waals surface area contributed by atoms with Gasteiger partial charge in [-0.15, -0.1) is 11.3 Å². The molecule has 112 valence electrons. The van der Waals surface area contributed by atoms with E-state index < -0.39 is 0 Å². The molecular formula is C16H21N3OS. The van der Waals surface area contributed by atoms with Crippen LogP contribution < -0.4 is 11.1 Å². The molecule has 0 saturated carbocycles. The average Bonchev–Trinajstić information content (AvgIpc) is 2.80. The van der Waals surface area contributed by atoms with E-state index in [1.807, 2.05) is 25.1 Å². The van der Waals surface area contributed by atoms with E-state index in [0.717, 1.165) is 22.7 Å². The van der Waals surface area contributed by atoms with Crippen LogP contribution in [-0.2, 0) is 11.2 Å². The first-order chi connectivity index (χ1) is 10.1. The second-order valence-corrected chi connectivity index (χ2v) is 6.45. The van der Waals surface area contributed by atoms with Crippen molar-refractivity contribution >= 4 is 17.2 Å². The third kappa shape index (κ3) is 4.65. The lowest BCUT2D eigenvalue weighted by Gasteiger charge is -2.05. The number of nitrogens with two attached hydrogens (primary N) is 1. The van der Waals surface area contributed by atoms with Crippen LogP contribution in [0.5, 0.6) is 0 Å². The monoisotopic (exact) mass is 303 g/mol. The SMILES string of the molecule is Cc1sc(CCNC(=O)CC(C)N)nc1-c1ccccc1. The molecule has 0 aliphatic heterocycles. The summed E-state index contributed by atoms with van der Waals surface area (Å²) in [6, 6.07) is 10.1. The van der Waals surface area contributed by atoms with Crippen molar-refractivity contribution < 1.29 is 4.79 Å². The maximum atomic E-state index is 11.5. The fourth-order valence-electron chi connectivity index (χ4n) is 2.10. The number of nitrogens with one attached hydrogen (secondary N) is 1. The van der Waals surface area contributed by atoms with Gasteiger partial charge in [-0.2, -0.15) is 0 Å². The van der Waals surface area contributed by atoms with Crippen LogP contribution in [0.15, 0.2) is 30.3 Å². The maximum Gasteiger partial charge on any atom is 0.221 e. The van der Waals surface area contributed by atoms with Crippen molar-refractivity contribution in [2.45, 2.75) is 32.7 Å². The molecule has 3 N–H and O–H groups in total. The quantitative estimate of drug-likeness (QED) is 0.861. The molecule has 1 amide bonds. The normalized spacial score (nSPS) is 12.1. The van der Waals surface area contributed by atoms with Gasteiger partial charge in [0.25, 0.3) is 0 Å². The highest BCUT2D eigenvalue weighted by molar-refractivity contribution is 7.12. The second-order valence-electron chi connectivity index (χ2n) is 5.16. The Morgan fingerprint density at radius 1 is 1.38 bits per heavy atom. The Hall–Kier alpha value is -1.72. The van der Waals surface area contributed by atoms with Crippen molar-refractivity contribution in [3.05, 3.63) is 40.2 Å². The van der Waals surface area contributed by atoms with Crippen LogP contribution >= 0.6 is 11.3 Å². The number of aromatic nitrogens is 1. The van der Waals surface area contributed by atoms with Crippen molar-refractivity contribution in [2.75, 3.05) is 6.54 Å². The summed E-state index contributed by atoms with van der Waals surface area (Å²) < 4.78 is 0. The van der Waals surface area contributed by atoms with Gasteiger partial charge in [-0.05, 0) is 13.8 Å². The summed E-state index contributed by atoms with van der Waals surface area (Å²) in [6.07, 6.45) is 1.12. The minimum Gasteiger partial charge on any atom is -0.356 e. The molecule has 1 atom stereocenters. The first-order valence-corrected chi connectivity index (χ1v) is 7.92. The van der Waals surface area contributed by atoms with Crippen LogP contribution in [0.3, 0.4) is 0 Å². The van der Waals surface area contributed by atoms with Crippen LogP contribution in [0.25, 0.3) is 11.3 Å². The smallest absolute Gasteiger partial charge is 0.221 e. The van der Waals surface area contributed by atoms with E-state index in [2.05, 4.69) is 29.4 Å². The van der Waals surface area contributed by atoms with E-state index in [0.29, 0.717) is 13.0 Å². The lowest BCUT2D eigenvalue weighted by molar-refractivity contribution is -0.121. The van der Waals surface area contributed by atoms with Gasteiger partial charge in [0.2, 0.25) is 5.91 Å². The molecule has 1 aromatic carbocycles. The highest BCUT2D eigenvalue weighted by Crippen LogP contribution is 2.27. The molecule has 0 radical (unpaired) electrons. The summed E-state index contributed by atoms with van der Waals surface area (Å²) in [5.41, 5.74) is 7.77. The number of hydrogen-bond acceptors (Lipinski definition) is 4. The van der Waals surface area contributed by atoms with Crippen molar-refractivity contribution in [3.63, 3.8) is 0 Å². The molecular weight excluding hydrogens is 282 g/mol. The molecule has 0 aliphatic rings. The Balaban J connectivity index is 1.92. The Bertz CT molecular complexity index is 593. The first-order valence-electron chi connectivity index (χ1n) is 7.10. The third-order valence-corrected chi connectivity index (χ3v) is 4.09. The van der Waals surface area contributed by atoms with E-state index in [4.69, 9.17) is 5.73 Å². The van der Waals surface area contributed by atoms with Gasteiger partial charge < -0.3 is 11.1 Å². The fraction of sp³-hybridized carbons (Fsp3) is 0.375. The maximum absolute atomic E-state index is 11.5. The molecule has 1 unspecified atom stereocenters.